The number of hydrogen-bond donors (Lipinski definition) is 0. The predicted molar refractivity (Wildman–Crippen MR) is 155 cm³/mol. The van der Waals surface area contributed by atoms with Crippen LogP contribution in [0.1, 0.15) is 63.8 Å². The number of benzene rings is 4. The Kier molecular flexibility index (Phi) is 8.36. The molecule has 0 bridgehead atoms. The third kappa shape index (κ3) is 5.75. The van der Waals surface area contributed by atoms with Gasteiger partial charge in [-0.15, -0.1) is 0 Å². The molecule has 184 valence electrons. The van der Waals surface area contributed by atoms with Gasteiger partial charge in [0.1, 0.15) is 0 Å². The molecule has 0 amide bonds. The Labute approximate surface area is 235 Å². The van der Waals surface area contributed by atoms with E-state index in [-0.39, 0.29) is 10.8 Å². The summed E-state index contributed by atoms with van der Waals surface area (Å²) in [5, 5.41) is 0. The zero-order valence-electron chi connectivity index (χ0n) is 22.0. The Hall–Kier alpha value is -1.66. The third-order valence-electron chi connectivity index (χ3n) is 6.94. The van der Waals surface area contributed by atoms with Crippen molar-refractivity contribution in [2.24, 2.45) is 0 Å². The van der Waals surface area contributed by atoms with Gasteiger partial charge < -0.3 is 0 Å². The van der Waals surface area contributed by atoms with Crippen molar-refractivity contribution in [2.75, 3.05) is 0 Å². The van der Waals surface area contributed by atoms with Crippen molar-refractivity contribution in [2.45, 2.75) is 58.8 Å². The van der Waals surface area contributed by atoms with E-state index in [1.165, 1.54) is 55.6 Å². The summed E-state index contributed by atoms with van der Waals surface area (Å²) in [7, 11) is 9.87. The molecule has 0 nitrogen and oxygen atoms in total. The number of rotatable bonds is 2. The molecule has 0 aromatic heterocycles. The molecule has 1 aliphatic rings. The van der Waals surface area contributed by atoms with Gasteiger partial charge >= 0.3 is 37.9 Å². The molecular weight excluding hydrogens is 558 g/mol. The van der Waals surface area contributed by atoms with E-state index in [9.17, 15) is 0 Å². The van der Waals surface area contributed by atoms with E-state index in [1.54, 1.807) is 0 Å². The van der Waals surface area contributed by atoms with Gasteiger partial charge in [-0.05, 0) is 97.2 Å². The van der Waals surface area contributed by atoms with Gasteiger partial charge in [0, 0.05) is 0 Å². The molecule has 3 heteroatoms. The summed E-state index contributed by atoms with van der Waals surface area (Å²) in [5.41, 5.74) is 14.1. The van der Waals surface area contributed by atoms with Crippen molar-refractivity contribution in [3.8, 4) is 33.4 Å². The van der Waals surface area contributed by atoms with Gasteiger partial charge in [-0.2, -0.15) is 0 Å². The van der Waals surface area contributed by atoms with E-state index >= 15 is 0 Å². The van der Waals surface area contributed by atoms with Crippen LogP contribution in [0.5, 0.6) is 0 Å². The fourth-order valence-corrected chi connectivity index (χ4v) is 5.24. The topological polar surface area (TPSA) is 0 Å². The molecule has 0 heterocycles. The Balaban J connectivity index is 0.000000967. The van der Waals surface area contributed by atoms with Crippen molar-refractivity contribution in [1.29, 1.82) is 0 Å². The van der Waals surface area contributed by atoms with Crippen LogP contribution in [0.3, 0.4) is 0 Å². The Morgan fingerprint density at radius 3 is 1.17 bits per heavy atom. The number of fused-ring (bicyclic) bond motifs is 3. The van der Waals surface area contributed by atoms with E-state index in [1.807, 2.05) is 0 Å². The molecule has 4 aromatic rings. The van der Waals surface area contributed by atoms with Crippen molar-refractivity contribution in [1.82, 2.24) is 0 Å². The molecule has 1 aliphatic carbocycles. The first-order valence-electron chi connectivity index (χ1n) is 12.5. The van der Waals surface area contributed by atoms with Crippen LogP contribution >= 0.6 is 17.0 Å². The predicted octanol–water partition coefficient (Wildman–Crippen LogP) is 10.6. The average Bonchev–Trinajstić information content (AvgIpc) is 3.20. The maximum absolute atomic E-state index is 4.93. The standard InChI is InChI=1S/C33H34.2ClH.Zr/c1-32(2,3)30-20-26-24(18-28(30)22-13-9-7-10-14-22)17-25-19-29(23-15-11-8-12-16-23)31(21-27(25)26)33(4,5)6;;;/h7-16,18-21H,17H2,1-6H3;2*1H;/q;;;+2/p-2. The van der Waals surface area contributed by atoms with Crippen LogP contribution in [-0.4, -0.2) is 0 Å². The minimum atomic E-state index is -0.826. The summed E-state index contributed by atoms with van der Waals surface area (Å²) in [5.74, 6) is 0. The van der Waals surface area contributed by atoms with Crippen molar-refractivity contribution in [3.63, 3.8) is 0 Å². The molecule has 0 spiro atoms. The second kappa shape index (κ2) is 11.0. The van der Waals surface area contributed by atoms with E-state index in [0.29, 0.717) is 0 Å². The van der Waals surface area contributed by atoms with Crippen molar-refractivity contribution < 1.29 is 20.8 Å². The molecule has 0 saturated carbocycles. The van der Waals surface area contributed by atoms with E-state index < -0.39 is 20.8 Å². The molecule has 5 rings (SSSR count). The summed E-state index contributed by atoms with van der Waals surface area (Å²) in [6.07, 6.45) is 0.999. The Morgan fingerprint density at radius 1 is 0.528 bits per heavy atom. The normalized spacial score (nSPS) is 12.3. The van der Waals surface area contributed by atoms with Gasteiger partial charge in [0.2, 0.25) is 0 Å². The summed E-state index contributed by atoms with van der Waals surface area (Å²) in [6, 6.07) is 31.6. The van der Waals surface area contributed by atoms with Gasteiger partial charge in [0.15, 0.2) is 0 Å². The van der Waals surface area contributed by atoms with Gasteiger partial charge in [-0.3, -0.25) is 0 Å². The second-order valence-electron chi connectivity index (χ2n) is 11.6. The fourth-order valence-electron chi connectivity index (χ4n) is 5.24. The fraction of sp³-hybridized carbons (Fsp3) is 0.273. The molecule has 0 unspecified atom stereocenters. The summed E-state index contributed by atoms with van der Waals surface area (Å²) >= 11 is -0.826. The summed E-state index contributed by atoms with van der Waals surface area (Å²) in [4.78, 5) is 0. The van der Waals surface area contributed by atoms with Crippen LogP contribution in [-0.2, 0) is 38.1 Å². The quantitative estimate of drug-likeness (QED) is 0.191. The first-order chi connectivity index (χ1) is 17.0. The first-order valence-corrected chi connectivity index (χ1v) is 18.8. The van der Waals surface area contributed by atoms with Crippen LogP contribution in [0, 0.1) is 0 Å². The van der Waals surface area contributed by atoms with Gasteiger partial charge in [-0.1, -0.05) is 102 Å². The second-order valence-corrected chi connectivity index (χ2v) is 15.3. The van der Waals surface area contributed by atoms with E-state index in [2.05, 4.69) is 126 Å². The number of halogens is 2. The van der Waals surface area contributed by atoms with Crippen molar-refractivity contribution >= 4 is 17.0 Å². The van der Waals surface area contributed by atoms with Crippen molar-refractivity contribution in [3.05, 3.63) is 107 Å². The Morgan fingerprint density at radius 2 is 0.861 bits per heavy atom. The average molecular weight is 593 g/mol. The molecule has 0 radical (unpaired) electrons. The zero-order valence-corrected chi connectivity index (χ0v) is 26.0. The summed E-state index contributed by atoms with van der Waals surface area (Å²) < 4.78 is 0. The van der Waals surface area contributed by atoms with Crippen LogP contribution in [0.4, 0.5) is 0 Å². The molecule has 0 atom stereocenters. The molecule has 36 heavy (non-hydrogen) atoms. The van der Waals surface area contributed by atoms with Gasteiger partial charge in [0.05, 0.1) is 0 Å². The zero-order chi connectivity index (χ0) is 26.1. The molecule has 4 aromatic carbocycles. The SMILES string of the molecule is CC(C)(C)c1cc2c(cc1-c1ccccc1)Cc1cc(-c3ccccc3)c(C(C)(C)C)cc1-2.[Cl][Zr][Cl]. The molecule has 0 saturated heterocycles. The molecule has 0 aliphatic heterocycles. The Bertz CT molecular complexity index is 1240. The van der Waals surface area contributed by atoms with E-state index in [4.69, 9.17) is 17.0 Å². The number of hydrogen-bond acceptors (Lipinski definition) is 0. The molecular formula is C33H34Cl2Zr. The summed E-state index contributed by atoms with van der Waals surface area (Å²) in [6.45, 7) is 14.0. The van der Waals surface area contributed by atoms with E-state index in [0.717, 1.165) is 6.42 Å². The van der Waals surface area contributed by atoms with Gasteiger partial charge in [-0.25, -0.2) is 0 Å². The maximum atomic E-state index is 4.93. The molecule has 0 N–H and O–H groups in total. The van der Waals surface area contributed by atoms with Crippen LogP contribution < -0.4 is 0 Å². The van der Waals surface area contributed by atoms with Crippen LogP contribution in [0.2, 0.25) is 0 Å². The van der Waals surface area contributed by atoms with Gasteiger partial charge in [0.25, 0.3) is 0 Å². The van der Waals surface area contributed by atoms with Crippen LogP contribution in [0.15, 0.2) is 84.9 Å². The van der Waals surface area contributed by atoms with Crippen LogP contribution in [0.25, 0.3) is 33.4 Å². The first kappa shape index (κ1) is 27.4. The molecule has 0 fully saturated rings. The minimum absolute atomic E-state index is 0.0692. The monoisotopic (exact) mass is 590 g/mol. The third-order valence-corrected chi connectivity index (χ3v) is 6.94.